The lowest BCUT2D eigenvalue weighted by Gasteiger charge is -1.98. The third-order valence-corrected chi connectivity index (χ3v) is 2.55. The summed E-state index contributed by atoms with van der Waals surface area (Å²) in [6, 6.07) is 8.68. The van der Waals surface area contributed by atoms with E-state index in [2.05, 4.69) is 62.9 Å². The van der Waals surface area contributed by atoms with Crippen LogP contribution in [-0.4, -0.2) is 0 Å². The molecule has 0 nitrogen and oxygen atoms in total. The molecular formula is C16H20. The molecule has 16 heavy (non-hydrogen) atoms. The van der Waals surface area contributed by atoms with Gasteiger partial charge in [0.1, 0.15) is 0 Å². The van der Waals surface area contributed by atoms with Gasteiger partial charge < -0.3 is 0 Å². The monoisotopic (exact) mass is 212 g/mol. The van der Waals surface area contributed by atoms with Gasteiger partial charge in [-0.15, -0.1) is 0 Å². The van der Waals surface area contributed by atoms with E-state index in [1.165, 1.54) is 16.7 Å². The lowest BCUT2D eigenvalue weighted by atomic mass is 10.1. The van der Waals surface area contributed by atoms with Crippen LogP contribution in [0.4, 0.5) is 0 Å². The van der Waals surface area contributed by atoms with Gasteiger partial charge in [-0.05, 0) is 30.9 Å². The molecule has 0 amide bonds. The van der Waals surface area contributed by atoms with Gasteiger partial charge in [0, 0.05) is 0 Å². The molecule has 1 rings (SSSR count). The van der Waals surface area contributed by atoms with Gasteiger partial charge in [0.2, 0.25) is 0 Å². The average Bonchev–Trinajstić information content (AvgIpc) is 2.30. The summed E-state index contributed by atoms with van der Waals surface area (Å²) in [5.41, 5.74) is 3.99. The van der Waals surface area contributed by atoms with Gasteiger partial charge in [-0.25, -0.2) is 0 Å². The predicted molar refractivity (Wildman–Crippen MR) is 72.6 cm³/mol. The SMILES string of the molecule is C=C/C=C(\C=C/Cc1ccc(C)cc1)CC. The summed E-state index contributed by atoms with van der Waals surface area (Å²) in [6.07, 6.45) is 10.3. The van der Waals surface area contributed by atoms with E-state index in [1.807, 2.05) is 6.08 Å². The highest BCUT2D eigenvalue weighted by molar-refractivity contribution is 5.26. The van der Waals surface area contributed by atoms with Crippen molar-refractivity contribution in [3.05, 3.63) is 71.8 Å². The fraction of sp³-hybridized carbons (Fsp3) is 0.250. The first-order valence-corrected chi connectivity index (χ1v) is 5.80. The van der Waals surface area contributed by atoms with E-state index >= 15 is 0 Å². The minimum atomic E-state index is 0.995. The Labute approximate surface area is 99.0 Å². The summed E-state index contributed by atoms with van der Waals surface area (Å²) in [4.78, 5) is 0. The lowest BCUT2D eigenvalue weighted by molar-refractivity contribution is 1.14. The Bertz CT molecular complexity index is 377. The summed E-state index contributed by atoms with van der Waals surface area (Å²) < 4.78 is 0. The Morgan fingerprint density at radius 2 is 1.94 bits per heavy atom. The first kappa shape index (κ1) is 12.5. The zero-order valence-electron chi connectivity index (χ0n) is 10.2. The third-order valence-electron chi connectivity index (χ3n) is 2.55. The maximum Gasteiger partial charge on any atom is -0.00942 e. The standard InChI is InChI=1S/C16H20/c1-4-7-15(5-2)8-6-9-16-12-10-14(3)11-13-16/h4,6-8,10-13H,1,5,9H2,2-3H3/b8-6-,15-7-. The molecule has 0 aromatic heterocycles. The molecule has 84 valence electrons. The summed E-state index contributed by atoms with van der Waals surface area (Å²) >= 11 is 0. The third kappa shape index (κ3) is 4.31. The molecule has 0 spiro atoms. The molecule has 0 radical (unpaired) electrons. The van der Waals surface area contributed by atoms with Crippen LogP contribution in [0, 0.1) is 6.92 Å². The highest BCUT2D eigenvalue weighted by Gasteiger charge is 1.89. The van der Waals surface area contributed by atoms with Crippen LogP contribution in [0.25, 0.3) is 0 Å². The van der Waals surface area contributed by atoms with Gasteiger partial charge in [-0.2, -0.15) is 0 Å². The van der Waals surface area contributed by atoms with Gasteiger partial charge in [0.05, 0.1) is 0 Å². The molecule has 0 saturated heterocycles. The second-order valence-electron chi connectivity index (χ2n) is 3.92. The van der Waals surface area contributed by atoms with E-state index in [-0.39, 0.29) is 0 Å². The van der Waals surface area contributed by atoms with Crippen molar-refractivity contribution in [2.24, 2.45) is 0 Å². The van der Waals surface area contributed by atoms with Gasteiger partial charge in [0.15, 0.2) is 0 Å². The van der Waals surface area contributed by atoms with Crippen LogP contribution in [0.2, 0.25) is 0 Å². The van der Waals surface area contributed by atoms with Crippen molar-refractivity contribution in [1.29, 1.82) is 0 Å². The highest BCUT2D eigenvalue weighted by Crippen LogP contribution is 2.07. The summed E-state index contributed by atoms with van der Waals surface area (Å²) in [7, 11) is 0. The average molecular weight is 212 g/mol. The van der Waals surface area contributed by atoms with Gasteiger partial charge in [0.25, 0.3) is 0 Å². The zero-order chi connectivity index (χ0) is 11.8. The molecule has 0 heteroatoms. The number of benzene rings is 1. The quantitative estimate of drug-likeness (QED) is 0.625. The van der Waals surface area contributed by atoms with Crippen molar-refractivity contribution in [3.63, 3.8) is 0 Å². The van der Waals surface area contributed by atoms with Crippen molar-refractivity contribution in [2.45, 2.75) is 26.7 Å². The number of hydrogen-bond donors (Lipinski definition) is 0. The van der Waals surface area contributed by atoms with E-state index in [4.69, 9.17) is 0 Å². The first-order chi connectivity index (χ1) is 7.76. The molecule has 1 aromatic rings. The number of hydrogen-bond acceptors (Lipinski definition) is 0. The second kappa shape index (κ2) is 6.84. The molecule has 0 unspecified atom stereocenters. The van der Waals surface area contributed by atoms with E-state index in [9.17, 15) is 0 Å². The van der Waals surface area contributed by atoms with Crippen LogP contribution in [0.3, 0.4) is 0 Å². The zero-order valence-corrected chi connectivity index (χ0v) is 10.2. The van der Waals surface area contributed by atoms with Crippen LogP contribution in [0.5, 0.6) is 0 Å². The molecule has 0 aliphatic carbocycles. The highest BCUT2D eigenvalue weighted by atomic mass is 14.0. The Balaban J connectivity index is 2.56. The van der Waals surface area contributed by atoms with Crippen LogP contribution in [-0.2, 0) is 6.42 Å². The van der Waals surface area contributed by atoms with Crippen molar-refractivity contribution in [2.75, 3.05) is 0 Å². The second-order valence-corrected chi connectivity index (χ2v) is 3.92. The fourth-order valence-corrected chi connectivity index (χ4v) is 1.51. The smallest absolute Gasteiger partial charge is 0.00942 e. The fourth-order valence-electron chi connectivity index (χ4n) is 1.51. The molecule has 0 fully saturated rings. The predicted octanol–water partition coefficient (Wildman–Crippen LogP) is 4.62. The van der Waals surface area contributed by atoms with Crippen molar-refractivity contribution in [1.82, 2.24) is 0 Å². The number of allylic oxidation sites excluding steroid dienone is 5. The molecule has 1 aromatic carbocycles. The van der Waals surface area contributed by atoms with E-state index in [1.54, 1.807) is 0 Å². The van der Waals surface area contributed by atoms with Crippen molar-refractivity contribution in [3.8, 4) is 0 Å². The van der Waals surface area contributed by atoms with E-state index in [0.717, 1.165) is 12.8 Å². The van der Waals surface area contributed by atoms with Gasteiger partial charge >= 0.3 is 0 Å². The summed E-state index contributed by atoms with van der Waals surface area (Å²) in [5.74, 6) is 0. The van der Waals surface area contributed by atoms with E-state index < -0.39 is 0 Å². The van der Waals surface area contributed by atoms with Gasteiger partial charge in [-0.3, -0.25) is 0 Å². The summed E-state index contributed by atoms with van der Waals surface area (Å²) in [5, 5.41) is 0. The minimum absolute atomic E-state index is 0.995. The largest absolute Gasteiger partial charge is 0.0991 e. The van der Waals surface area contributed by atoms with Crippen molar-refractivity contribution < 1.29 is 0 Å². The molecule has 0 bridgehead atoms. The Hall–Kier alpha value is -1.56. The Morgan fingerprint density at radius 3 is 2.50 bits per heavy atom. The van der Waals surface area contributed by atoms with Crippen LogP contribution >= 0.6 is 0 Å². The minimum Gasteiger partial charge on any atom is -0.0991 e. The van der Waals surface area contributed by atoms with Crippen molar-refractivity contribution >= 4 is 0 Å². The molecule has 0 N–H and O–H groups in total. The van der Waals surface area contributed by atoms with Crippen LogP contribution in [0.1, 0.15) is 24.5 Å². The molecule has 0 aliphatic rings. The Kier molecular flexibility index (Phi) is 5.35. The topological polar surface area (TPSA) is 0 Å². The molecule has 0 aliphatic heterocycles. The number of aryl methyl sites for hydroxylation is 1. The summed E-state index contributed by atoms with van der Waals surface area (Å²) in [6.45, 7) is 7.99. The maximum absolute atomic E-state index is 3.71. The maximum atomic E-state index is 3.71. The van der Waals surface area contributed by atoms with Crippen LogP contribution < -0.4 is 0 Å². The Morgan fingerprint density at radius 1 is 1.25 bits per heavy atom. The normalized spacial score (nSPS) is 12.0. The van der Waals surface area contributed by atoms with E-state index in [0.29, 0.717) is 0 Å². The lowest BCUT2D eigenvalue weighted by Crippen LogP contribution is -1.81. The molecular weight excluding hydrogens is 192 g/mol. The molecule has 0 saturated carbocycles. The molecule has 0 heterocycles. The number of rotatable bonds is 5. The first-order valence-electron chi connectivity index (χ1n) is 5.80. The molecule has 0 atom stereocenters. The van der Waals surface area contributed by atoms with Crippen LogP contribution in [0.15, 0.2) is 60.7 Å². The van der Waals surface area contributed by atoms with Gasteiger partial charge in [-0.1, -0.05) is 67.6 Å².